The number of aromatic nitrogens is 2. The van der Waals surface area contributed by atoms with Gasteiger partial charge in [-0.1, -0.05) is 30.7 Å². The summed E-state index contributed by atoms with van der Waals surface area (Å²) < 4.78 is 5.63. The van der Waals surface area contributed by atoms with Crippen LogP contribution in [0.5, 0.6) is 5.75 Å². The van der Waals surface area contributed by atoms with E-state index in [1.165, 1.54) is 5.56 Å². The van der Waals surface area contributed by atoms with E-state index in [4.69, 9.17) is 16.3 Å². The molecule has 0 fully saturated rings. The fourth-order valence-electron chi connectivity index (χ4n) is 1.43. The van der Waals surface area contributed by atoms with Crippen LogP contribution in [0.3, 0.4) is 0 Å². The maximum absolute atomic E-state index is 5.65. The molecule has 0 aliphatic carbocycles. The number of aryl methyl sites for hydroxylation is 1. The maximum atomic E-state index is 5.65. The van der Waals surface area contributed by atoms with E-state index < -0.39 is 0 Å². The Morgan fingerprint density at radius 2 is 2.06 bits per heavy atom. The van der Waals surface area contributed by atoms with E-state index in [2.05, 4.69) is 23.2 Å². The summed E-state index contributed by atoms with van der Waals surface area (Å²) in [6, 6.07) is 11.5. The summed E-state index contributed by atoms with van der Waals surface area (Å²) >= 11 is 5.65. The third-order valence-corrected chi connectivity index (χ3v) is 2.58. The first-order valence-corrected chi connectivity index (χ1v) is 5.85. The molecule has 0 atom stereocenters. The quantitative estimate of drug-likeness (QED) is 0.833. The van der Waals surface area contributed by atoms with Gasteiger partial charge in [0.15, 0.2) is 5.15 Å². The predicted octanol–water partition coefficient (Wildman–Crippen LogP) is 3.27. The van der Waals surface area contributed by atoms with Gasteiger partial charge >= 0.3 is 0 Å². The van der Waals surface area contributed by atoms with Crippen LogP contribution in [0.2, 0.25) is 5.15 Å². The van der Waals surface area contributed by atoms with Gasteiger partial charge in [-0.05, 0) is 36.2 Å². The molecule has 4 heteroatoms. The van der Waals surface area contributed by atoms with Crippen molar-refractivity contribution in [2.45, 2.75) is 20.0 Å². The predicted molar refractivity (Wildman–Crippen MR) is 67.2 cm³/mol. The van der Waals surface area contributed by atoms with Crippen molar-refractivity contribution in [2.24, 2.45) is 0 Å². The van der Waals surface area contributed by atoms with Crippen LogP contribution in [0.25, 0.3) is 0 Å². The zero-order chi connectivity index (χ0) is 12.1. The fourth-order valence-corrected chi connectivity index (χ4v) is 1.53. The summed E-state index contributed by atoms with van der Waals surface area (Å²) in [4.78, 5) is 0. The van der Waals surface area contributed by atoms with Gasteiger partial charge in [0.1, 0.15) is 18.1 Å². The average molecular weight is 249 g/mol. The van der Waals surface area contributed by atoms with E-state index in [0.29, 0.717) is 11.8 Å². The minimum atomic E-state index is 0.390. The van der Waals surface area contributed by atoms with Crippen molar-refractivity contribution in [3.8, 4) is 5.75 Å². The number of hydrogen-bond donors (Lipinski definition) is 0. The molecule has 2 aromatic rings. The summed E-state index contributed by atoms with van der Waals surface area (Å²) in [5.74, 6) is 0.848. The lowest BCUT2D eigenvalue weighted by Crippen LogP contribution is -1.99. The van der Waals surface area contributed by atoms with Crippen molar-refractivity contribution in [1.29, 1.82) is 0 Å². The van der Waals surface area contributed by atoms with Gasteiger partial charge in [-0.2, -0.15) is 5.10 Å². The molecule has 1 aromatic carbocycles. The molecule has 0 unspecified atom stereocenters. The molecule has 0 aliphatic rings. The number of nitrogens with zero attached hydrogens (tertiary/aromatic N) is 2. The molecule has 0 N–H and O–H groups in total. The highest BCUT2D eigenvalue weighted by molar-refractivity contribution is 6.29. The number of ether oxygens (including phenoxy) is 1. The monoisotopic (exact) mass is 248 g/mol. The van der Waals surface area contributed by atoms with Crippen LogP contribution in [0.1, 0.15) is 18.2 Å². The summed E-state index contributed by atoms with van der Waals surface area (Å²) in [6.07, 6.45) is 0.998. The maximum Gasteiger partial charge on any atom is 0.151 e. The summed E-state index contributed by atoms with van der Waals surface area (Å²) in [5.41, 5.74) is 2.01. The van der Waals surface area contributed by atoms with Gasteiger partial charge in [0.05, 0.1) is 0 Å². The molecule has 88 valence electrons. The molecule has 0 saturated carbocycles. The SMILES string of the molecule is CCc1cccc(OCc2ccc(Cl)nn2)c1. The highest BCUT2D eigenvalue weighted by atomic mass is 35.5. The van der Waals surface area contributed by atoms with Crippen LogP contribution in [0.4, 0.5) is 0 Å². The van der Waals surface area contributed by atoms with Crippen molar-refractivity contribution < 1.29 is 4.74 Å². The number of halogens is 1. The second kappa shape index (κ2) is 5.64. The molecule has 0 amide bonds. The van der Waals surface area contributed by atoms with Crippen LogP contribution in [0.15, 0.2) is 36.4 Å². The van der Waals surface area contributed by atoms with Crippen LogP contribution >= 0.6 is 11.6 Å². The fraction of sp³-hybridized carbons (Fsp3) is 0.231. The lowest BCUT2D eigenvalue weighted by Gasteiger charge is -2.06. The second-order valence-corrected chi connectivity index (χ2v) is 4.02. The summed E-state index contributed by atoms with van der Waals surface area (Å²) in [5, 5.41) is 8.08. The Hall–Kier alpha value is -1.61. The van der Waals surface area contributed by atoms with E-state index in [1.807, 2.05) is 18.2 Å². The number of benzene rings is 1. The highest BCUT2D eigenvalue weighted by Gasteiger charge is 1.99. The minimum absolute atomic E-state index is 0.390. The Kier molecular flexibility index (Phi) is 3.94. The molecule has 0 aliphatic heterocycles. The Morgan fingerprint density at radius 1 is 1.18 bits per heavy atom. The zero-order valence-electron chi connectivity index (χ0n) is 9.56. The third-order valence-electron chi connectivity index (χ3n) is 2.38. The van der Waals surface area contributed by atoms with Gasteiger partial charge < -0.3 is 4.74 Å². The Morgan fingerprint density at radius 3 is 2.76 bits per heavy atom. The largest absolute Gasteiger partial charge is 0.487 e. The Balaban J connectivity index is 1.99. The van der Waals surface area contributed by atoms with Gasteiger partial charge in [0, 0.05) is 0 Å². The normalized spacial score (nSPS) is 10.2. The summed E-state index contributed by atoms with van der Waals surface area (Å²) in [7, 11) is 0. The lowest BCUT2D eigenvalue weighted by molar-refractivity contribution is 0.299. The van der Waals surface area contributed by atoms with Crippen LogP contribution in [0, 0.1) is 0 Å². The second-order valence-electron chi connectivity index (χ2n) is 3.64. The van der Waals surface area contributed by atoms with Crippen LogP contribution in [-0.4, -0.2) is 10.2 Å². The average Bonchev–Trinajstić information content (AvgIpc) is 2.38. The van der Waals surface area contributed by atoms with Gasteiger partial charge in [0.2, 0.25) is 0 Å². The molecule has 1 aromatic heterocycles. The number of hydrogen-bond acceptors (Lipinski definition) is 3. The first kappa shape index (κ1) is 11.9. The first-order chi connectivity index (χ1) is 8.28. The molecular weight excluding hydrogens is 236 g/mol. The number of rotatable bonds is 4. The molecule has 0 bridgehead atoms. The van der Waals surface area contributed by atoms with E-state index in [-0.39, 0.29) is 0 Å². The minimum Gasteiger partial charge on any atom is -0.487 e. The molecule has 0 radical (unpaired) electrons. The standard InChI is InChI=1S/C13H13ClN2O/c1-2-10-4-3-5-12(8-10)17-9-11-6-7-13(14)16-15-11/h3-8H,2,9H2,1H3. The first-order valence-electron chi connectivity index (χ1n) is 5.48. The zero-order valence-corrected chi connectivity index (χ0v) is 10.3. The smallest absolute Gasteiger partial charge is 0.151 e. The van der Waals surface area contributed by atoms with Crippen molar-refractivity contribution in [2.75, 3.05) is 0 Å². The summed E-state index contributed by atoms with van der Waals surface area (Å²) in [6.45, 7) is 2.52. The van der Waals surface area contributed by atoms with Gasteiger partial charge in [-0.15, -0.1) is 5.10 Å². The van der Waals surface area contributed by atoms with Gasteiger partial charge in [-0.3, -0.25) is 0 Å². The van der Waals surface area contributed by atoms with E-state index in [9.17, 15) is 0 Å². The lowest BCUT2D eigenvalue weighted by atomic mass is 10.2. The van der Waals surface area contributed by atoms with Crippen molar-refractivity contribution in [3.05, 3.63) is 52.8 Å². The van der Waals surface area contributed by atoms with Crippen molar-refractivity contribution >= 4 is 11.6 Å². The Bertz CT molecular complexity index is 485. The Labute approximate surface area is 105 Å². The van der Waals surface area contributed by atoms with Gasteiger partial charge in [0.25, 0.3) is 0 Å². The highest BCUT2D eigenvalue weighted by Crippen LogP contribution is 2.15. The third kappa shape index (κ3) is 3.43. The van der Waals surface area contributed by atoms with E-state index in [0.717, 1.165) is 17.9 Å². The molecular formula is C13H13ClN2O. The molecule has 17 heavy (non-hydrogen) atoms. The molecule has 2 rings (SSSR count). The molecule has 1 heterocycles. The van der Waals surface area contributed by atoms with E-state index in [1.54, 1.807) is 12.1 Å². The van der Waals surface area contributed by atoms with Gasteiger partial charge in [-0.25, -0.2) is 0 Å². The molecule has 0 saturated heterocycles. The van der Waals surface area contributed by atoms with Crippen molar-refractivity contribution in [1.82, 2.24) is 10.2 Å². The van der Waals surface area contributed by atoms with Crippen molar-refractivity contribution in [3.63, 3.8) is 0 Å². The van der Waals surface area contributed by atoms with Crippen LogP contribution < -0.4 is 4.74 Å². The van der Waals surface area contributed by atoms with Crippen LogP contribution in [-0.2, 0) is 13.0 Å². The molecule has 3 nitrogen and oxygen atoms in total. The molecule has 0 spiro atoms. The van der Waals surface area contributed by atoms with E-state index >= 15 is 0 Å². The topological polar surface area (TPSA) is 35.0 Å².